The van der Waals surface area contributed by atoms with E-state index < -0.39 is 6.10 Å². The Balaban J connectivity index is 2.98. The zero-order valence-corrected chi connectivity index (χ0v) is 13.6. The van der Waals surface area contributed by atoms with Crippen LogP contribution in [-0.4, -0.2) is 12.1 Å². The Morgan fingerprint density at radius 2 is 1.94 bits per heavy atom. The first kappa shape index (κ1) is 15.5. The number of halogens is 2. The second-order valence-corrected chi connectivity index (χ2v) is 5.92. The number of hydrogen-bond acceptors (Lipinski definition) is 3. The minimum absolute atomic E-state index is 0.109. The molecule has 0 radical (unpaired) electrons. The molecule has 1 aromatic carbocycles. The van der Waals surface area contributed by atoms with Crippen LogP contribution in [0, 0.1) is 11.3 Å². The SMILES string of the molecule is CCC(C#N)Oc1c(Br)cc(CC(C)N)cc1Br. The fourth-order valence-corrected chi connectivity index (χ4v) is 3.03. The maximum Gasteiger partial charge on any atom is 0.184 e. The van der Waals surface area contributed by atoms with E-state index >= 15 is 0 Å². The van der Waals surface area contributed by atoms with E-state index in [1.807, 2.05) is 26.0 Å². The van der Waals surface area contributed by atoms with Gasteiger partial charge in [-0.15, -0.1) is 0 Å². The van der Waals surface area contributed by atoms with Gasteiger partial charge in [0.1, 0.15) is 11.8 Å². The summed E-state index contributed by atoms with van der Waals surface area (Å²) in [6.07, 6.45) is 1.01. The lowest BCUT2D eigenvalue weighted by molar-refractivity contribution is 0.248. The summed E-state index contributed by atoms with van der Waals surface area (Å²) >= 11 is 6.94. The van der Waals surface area contributed by atoms with Crippen LogP contribution in [0.5, 0.6) is 5.75 Å². The molecule has 0 saturated carbocycles. The van der Waals surface area contributed by atoms with Crippen LogP contribution in [-0.2, 0) is 6.42 Å². The predicted octanol–water partition coefficient (Wildman–Crippen LogP) is 3.78. The summed E-state index contributed by atoms with van der Waals surface area (Å²) in [7, 11) is 0. The summed E-state index contributed by atoms with van der Waals surface area (Å²) < 4.78 is 7.32. The molecule has 0 aromatic heterocycles. The number of hydrogen-bond donors (Lipinski definition) is 1. The van der Waals surface area contributed by atoms with E-state index in [0.717, 1.165) is 20.9 Å². The van der Waals surface area contributed by atoms with Gasteiger partial charge in [-0.3, -0.25) is 0 Å². The van der Waals surface area contributed by atoms with Crippen molar-refractivity contribution in [1.29, 1.82) is 5.26 Å². The minimum Gasteiger partial charge on any atom is -0.473 e. The van der Waals surface area contributed by atoms with E-state index in [4.69, 9.17) is 15.7 Å². The highest BCUT2D eigenvalue weighted by atomic mass is 79.9. The maximum atomic E-state index is 8.92. The van der Waals surface area contributed by atoms with Crippen LogP contribution >= 0.6 is 31.9 Å². The second kappa shape index (κ2) is 7.13. The summed E-state index contributed by atoms with van der Waals surface area (Å²) in [4.78, 5) is 0. The van der Waals surface area contributed by atoms with Crippen molar-refractivity contribution in [1.82, 2.24) is 0 Å². The normalized spacial score (nSPS) is 13.8. The van der Waals surface area contributed by atoms with Gasteiger partial charge in [0.2, 0.25) is 0 Å². The maximum absolute atomic E-state index is 8.92. The molecule has 0 aliphatic rings. The first-order valence-corrected chi connectivity index (χ1v) is 7.36. The topological polar surface area (TPSA) is 59.0 Å². The summed E-state index contributed by atoms with van der Waals surface area (Å²) in [5.41, 5.74) is 6.91. The molecule has 1 rings (SSSR count). The molecule has 2 N–H and O–H groups in total. The summed E-state index contributed by atoms with van der Waals surface area (Å²) in [5, 5.41) is 8.92. The largest absolute Gasteiger partial charge is 0.473 e. The zero-order chi connectivity index (χ0) is 13.7. The van der Waals surface area contributed by atoms with Crippen molar-refractivity contribution in [2.75, 3.05) is 0 Å². The molecule has 0 aliphatic carbocycles. The molecule has 3 nitrogen and oxygen atoms in total. The molecule has 0 spiro atoms. The average Bonchev–Trinajstić information content (AvgIpc) is 2.27. The van der Waals surface area contributed by atoms with Crippen LogP contribution < -0.4 is 10.5 Å². The molecule has 2 unspecified atom stereocenters. The number of benzene rings is 1. The van der Waals surface area contributed by atoms with Gasteiger partial charge >= 0.3 is 0 Å². The van der Waals surface area contributed by atoms with Crippen LogP contribution in [0.3, 0.4) is 0 Å². The molecule has 0 saturated heterocycles. The summed E-state index contributed by atoms with van der Waals surface area (Å²) in [5.74, 6) is 0.664. The number of ether oxygens (including phenoxy) is 1. The van der Waals surface area contributed by atoms with Gasteiger partial charge in [-0.1, -0.05) is 6.92 Å². The van der Waals surface area contributed by atoms with Crippen molar-refractivity contribution < 1.29 is 4.74 Å². The van der Waals surface area contributed by atoms with Gasteiger partial charge in [-0.25, -0.2) is 0 Å². The second-order valence-electron chi connectivity index (χ2n) is 4.21. The average molecular weight is 376 g/mol. The van der Waals surface area contributed by atoms with Gasteiger partial charge in [0.05, 0.1) is 8.95 Å². The molecular formula is C13H16Br2N2O. The number of nitrogens with two attached hydrogens (primary N) is 1. The van der Waals surface area contributed by atoms with E-state index in [9.17, 15) is 0 Å². The van der Waals surface area contributed by atoms with Crippen molar-refractivity contribution in [3.8, 4) is 11.8 Å². The van der Waals surface area contributed by atoms with Crippen molar-refractivity contribution in [3.05, 3.63) is 26.6 Å². The first-order chi connectivity index (χ1) is 8.47. The van der Waals surface area contributed by atoms with Crippen molar-refractivity contribution >= 4 is 31.9 Å². The van der Waals surface area contributed by atoms with Crippen LogP contribution in [0.15, 0.2) is 21.1 Å². The quantitative estimate of drug-likeness (QED) is 0.851. The lowest BCUT2D eigenvalue weighted by Gasteiger charge is -2.15. The van der Waals surface area contributed by atoms with Crippen molar-refractivity contribution in [3.63, 3.8) is 0 Å². The summed E-state index contributed by atoms with van der Waals surface area (Å²) in [6.45, 7) is 3.88. The highest BCUT2D eigenvalue weighted by Gasteiger charge is 2.14. The molecule has 1 aromatic rings. The molecule has 5 heteroatoms. The Hall–Kier alpha value is -0.570. The molecule has 2 atom stereocenters. The lowest BCUT2D eigenvalue weighted by atomic mass is 10.1. The third kappa shape index (κ3) is 4.27. The molecular weight excluding hydrogens is 360 g/mol. The van der Waals surface area contributed by atoms with Gasteiger partial charge in [0.15, 0.2) is 6.10 Å². The smallest absolute Gasteiger partial charge is 0.184 e. The third-order valence-corrected chi connectivity index (χ3v) is 3.57. The Kier molecular flexibility index (Phi) is 6.13. The first-order valence-electron chi connectivity index (χ1n) is 5.77. The van der Waals surface area contributed by atoms with E-state index in [2.05, 4.69) is 37.9 Å². The van der Waals surface area contributed by atoms with Crippen molar-refractivity contribution in [2.45, 2.75) is 38.8 Å². The van der Waals surface area contributed by atoms with Crippen LogP contribution in [0.2, 0.25) is 0 Å². The standard InChI is InChI=1S/C13H16Br2N2O/c1-3-10(7-16)18-13-11(14)5-9(4-8(2)17)6-12(13)15/h5-6,8,10H,3-4,17H2,1-2H3. The zero-order valence-electron chi connectivity index (χ0n) is 10.4. The highest BCUT2D eigenvalue weighted by Crippen LogP contribution is 2.36. The van der Waals surface area contributed by atoms with E-state index in [1.165, 1.54) is 0 Å². The van der Waals surface area contributed by atoms with E-state index in [1.54, 1.807) is 0 Å². The Morgan fingerprint density at radius 3 is 2.33 bits per heavy atom. The Morgan fingerprint density at radius 1 is 1.39 bits per heavy atom. The molecule has 18 heavy (non-hydrogen) atoms. The summed E-state index contributed by atoms with van der Waals surface area (Å²) in [6, 6.07) is 6.19. The molecule has 0 amide bonds. The highest BCUT2D eigenvalue weighted by molar-refractivity contribution is 9.11. The molecule has 0 bridgehead atoms. The van der Waals surface area contributed by atoms with Gasteiger partial charge in [-0.05, 0) is 69.3 Å². The van der Waals surface area contributed by atoms with Gasteiger partial charge in [0, 0.05) is 6.04 Å². The van der Waals surface area contributed by atoms with Crippen LogP contribution in [0.4, 0.5) is 0 Å². The predicted molar refractivity (Wildman–Crippen MR) is 79.5 cm³/mol. The van der Waals surface area contributed by atoms with Crippen LogP contribution in [0.25, 0.3) is 0 Å². The fourth-order valence-electron chi connectivity index (χ4n) is 1.56. The van der Waals surface area contributed by atoms with Gasteiger partial charge in [-0.2, -0.15) is 5.26 Å². The number of nitrogens with zero attached hydrogens (tertiary/aromatic N) is 1. The molecule has 98 valence electrons. The van der Waals surface area contributed by atoms with Gasteiger partial charge < -0.3 is 10.5 Å². The molecule has 0 heterocycles. The Bertz CT molecular complexity index is 432. The fraction of sp³-hybridized carbons (Fsp3) is 0.462. The number of nitriles is 1. The minimum atomic E-state index is -0.433. The Labute approximate surface area is 125 Å². The van der Waals surface area contributed by atoms with Crippen molar-refractivity contribution in [2.24, 2.45) is 5.73 Å². The van der Waals surface area contributed by atoms with Crippen LogP contribution in [0.1, 0.15) is 25.8 Å². The monoisotopic (exact) mass is 374 g/mol. The van der Waals surface area contributed by atoms with E-state index in [-0.39, 0.29) is 6.04 Å². The third-order valence-electron chi connectivity index (χ3n) is 2.39. The molecule has 0 aliphatic heterocycles. The molecule has 0 fully saturated rings. The van der Waals surface area contributed by atoms with E-state index in [0.29, 0.717) is 12.2 Å². The lowest BCUT2D eigenvalue weighted by Crippen LogP contribution is -2.18. The number of rotatable bonds is 5. The van der Waals surface area contributed by atoms with Gasteiger partial charge in [0.25, 0.3) is 0 Å².